The highest BCUT2D eigenvalue weighted by molar-refractivity contribution is 7.84. The Hall–Kier alpha value is -0.795. The van der Waals surface area contributed by atoms with E-state index in [9.17, 15) is 18.3 Å². The number of carboxylic acids is 1. The van der Waals surface area contributed by atoms with Crippen molar-refractivity contribution < 1.29 is 37.3 Å². The molecule has 0 aromatic carbocycles. The molecule has 2 heterocycles. The van der Waals surface area contributed by atoms with E-state index in [0.29, 0.717) is 6.42 Å². The Labute approximate surface area is 146 Å². The maximum Gasteiger partial charge on any atom is 0.451 e. The molecule has 144 valence electrons. The molecule has 2 aliphatic heterocycles. The van der Waals surface area contributed by atoms with E-state index in [1.165, 1.54) is 0 Å². The number of carboxylic acid groups (broad SMARTS) is 1. The average Bonchev–Trinajstić information content (AvgIpc) is 2.82. The molecule has 0 spiro atoms. The van der Waals surface area contributed by atoms with Gasteiger partial charge in [-0.15, -0.1) is 0 Å². The van der Waals surface area contributed by atoms with Crippen LogP contribution in [0.5, 0.6) is 0 Å². The van der Waals surface area contributed by atoms with E-state index in [1.807, 2.05) is 0 Å². The number of hydrogen-bond acceptors (Lipinski definition) is 9. The summed E-state index contributed by atoms with van der Waals surface area (Å²) in [6, 6.07) is 0. The molecule has 0 radical (unpaired) electrons. The van der Waals surface area contributed by atoms with Crippen LogP contribution in [0.15, 0.2) is 0 Å². The molecule has 13 heteroatoms. The lowest BCUT2D eigenvalue weighted by atomic mass is 9.78. The summed E-state index contributed by atoms with van der Waals surface area (Å²) < 4.78 is 36.0. The van der Waals surface area contributed by atoms with Crippen molar-refractivity contribution in [2.24, 2.45) is 17.4 Å². The molecule has 0 amide bonds. The number of aliphatic carboxylic acids is 1. The minimum absolute atomic E-state index is 0.0427. The molecular weight excluding hydrogens is 357 g/mol. The van der Waals surface area contributed by atoms with Crippen molar-refractivity contribution in [1.29, 1.82) is 0 Å². The van der Waals surface area contributed by atoms with Crippen molar-refractivity contribution in [2.45, 2.75) is 30.3 Å². The first-order chi connectivity index (χ1) is 11.5. The quantitative estimate of drug-likeness (QED) is 0.257. The van der Waals surface area contributed by atoms with Crippen molar-refractivity contribution >= 4 is 23.4 Å². The van der Waals surface area contributed by atoms with Crippen LogP contribution in [0.25, 0.3) is 0 Å². The summed E-state index contributed by atoms with van der Waals surface area (Å²) in [5.41, 5.74) is 8.60. The maximum absolute atomic E-state index is 12.5. The van der Waals surface area contributed by atoms with Crippen molar-refractivity contribution in [3.05, 3.63) is 0 Å². The first-order valence-electron chi connectivity index (χ1n) is 7.92. The largest absolute Gasteiger partial charge is 0.480 e. The van der Waals surface area contributed by atoms with Gasteiger partial charge in [-0.2, -0.15) is 12.7 Å². The van der Waals surface area contributed by atoms with Gasteiger partial charge in [0.15, 0.2) is 0 Å². The summed E-state index contributed by atoms with van der Waals surface area (Å²) in [7, 11) is -5.75. The van der Waals surface area contributed by atoms with Crippen molar-refractivity contribution in [3.8, 4) is 0 Å². The fraction of sp³-hybridized carbons (Fsp3) is 0.917. The Bertz CT molecular complexity index is 594. The fourth-order valence-electron chi connectivity index (χ4n) is 3.01. The Morgan fingerprint density at radius 3 is 2.48 bits per heavy atom. The minimum atomic E-state index is -4.24. The van der Waals surface area contributed by atoms with Crippen LogP contribution in [0, 0.1) is 5.92 Å². The highest BCUT2D eigenvalue weighted by Crippen LogP contribution is 2.34. The van der Waals surface area contributed by atoms with Crippen LogP contribution in [0.1, 0.15) is 12.8 Å². The lowest BCUT2D eigenvalue weighted by Gasteiger charge is -2.39. The van der Waals surface area contributed by atoms with Gasteiger partial charge >= 0.3 is 23.4 Å². The third-order valence-electron chi connectivity index (χ3n) is 4.70. The Balaban J connectivity index is 2.10. The van der Waals surface area contributed by atoms with Crippen molar-refractivity contribution in [1.82, 2.24) is 4.31 Å². The van der Waals surface area contributed by atoms with Crippen LogP contribution in [-0.4, -0.2) is 85.0 Å². The van der Waals surface area contributed by atoms with Crippen LogP contribution < -0.4 is 11.5 Å². The molecule has 0 saturated carbocycles. The van der Waals surface area contributed by atoms with Gasteiger partial charge in [-0.25, -0.2) is 4.18 Å². The zero-order valence-electron chi connectivity index (χ0n) is 13.7. The second-order valence-electron chi connectivity index (χ2n) is 6.67. The maximum atomic E-state index is 12.5. The smallest absolute Gasteiger partial charge is 0.451 e. The zero-order valence-corrected chi connectivity index (χ0v) is 14.5. The first-order valence-corrected chi connectivity index (χ1v) is 9.28. The molecule has 11 nitrogen and oxygen atoms in total. The summed E-state index contributed by atoms with van der Waals surface area (Å²) >= 11 is 0. The summed E-state index contributed by atoms with van der Waals surface area (Å²) in [5, 5.41) is 27.2. The number of nitrogens with two attached hydrogens (primary N) is 2. The van der Waals surface area contributed by atoms with Gasteiger partial charge in [-0.3, -0.25) is 4.79 Å². The van der Waals surface area contributed by atoms with Gasteiger partial charge in [0.25, 0.3) is 0 Å². The molecule has 2 rings (SSSR count). The van der Waals surface area contributed by atoms with E-state index in [4.69, 9.17) is 30.4 Å². The van der Waals surface area contributed by atoms with Crippen LogP contribution in [0.2, 0.25) is 6.32 Å². The Kier molecular flexibility index (Phi) is 6.11. The van der Waals surface area contributed by atoms with Crippen molar-refractivity contribution in [3.63, 3.8) is 0 Å². The monoisotopic (exact) mass is 381 g/mol. The SMILES string of the molecule is NCC1(OS(=O)(=O)N2C[C@H](CCCB(O)O)[C@](N)(C(=O)O)C2)COC1. The Morgan fingerprint density at radius 1 is 1.40 bits per heavy atom. The lowest BCUT2D eigenvalue weighted by Crippen LogP contribution is -2.59. The summed E-state index contributed by atoms with van der Waals surface area (Å²) in [5.74, 6) is -2.01. The van der Waals surface area contributed by atoms with Crippen LogP contribution in [0.4, 0.5) is 0 Å². The average molecular weight is 381 g/mol. The molecule has 0 bridgehead atoms. The van der Waals surface area contributed by atoms with E-state index in [-0.39, 0.29) is 39.0 Å². The molecule has 0 unspecified atom stereocenters. The second-order valence-corrected chi connectivity index (χ2v) is 8.21. The molecule has 2 saturated heterocycles. The van der Waals surface area contributed by atoms with Gasteiger partial charge < -0.3 is 31.4 Å². The van der Waals surface area contributed by atoms with E-state index in [2.05, 4.69) is 0 Å². The topological polar surface area (TPSA) is 186 Å². The van der Waals surface area contributed by atoms with Gasteiger partial charge in [-0.1, -0.05) is 6.42 Å². The summed E-state index contributed by atoms with van der Waals surface area (Å²) in [4.78, 5) is 11.6. The number of ether oxygens (including phenoxy) is 1. The predicted octanol–water partition coefficient (Wildman–Crippen LogP) is -3.06. The molecule has 0 aromatic heterocycles. The lowest BCUT2D eigenvalue weighted by molar-refractivity contribution is -0.154. The molecular formula is C12H24BN3O8S. The molecule has 0 aromatic rings. The number of rotatable bonds is 9. The molecule has 2 atom stereocenters. The zero-order chi connectivity index (χ0) is 18.9. The van der Waals surface area contributed by atoms with Crippen LogP contribution in [-0.2, 0) is 24.0 Å². The standard InChI is InChI=1S/C12H24BN3O8S/c14-5-11(7-23-8-11)24-25(21,22)16-4-9(2-1-3-13(19)20)12(15,6-16)10(17)18/h9,19-20H,1-8,14-15H2,(H,17,18)/t9-,12-/m0/s1. The van der Waals surface area contributed by atoms with E-state index >= 15 is 0 Å². The fourth-order valence-corrected chi connectivity index (χ4v) is 4.46. The van der Waals surface area contributed by atoms with Crippen LogP contribution in [0.3, 0.4) is 0 Å². The highest BCUT2D eigenvalue weighted by Gasteiger charge is 2.54. The second kappa shape index (κ2) is 7.44. The highest BCUT2D eigenvalue weighted by atomic mass is 32.2. The molecule has 0 aliphatic carbocycles. The van der Waals surface area contributed by atoms with E-state index in [0.717, 1.165) is 4.31 Å². The molecule has 2 aliphatic rings. The van der Waals surface area contributed by atoms with Gasteiger partial charge in [0, 0.05) is 25.6 Å². The van der Waals surface area contributed by atoms with Gasteiger partial charge in [0.05, 0.1) is 13.2 Å². The number of carbonyl (C=O) groups is 1. The van der Waals surface area contributed by atoms with Gasteiger partial charge in [0.2, 0.25) is 0 Å². The van der Waals surface area contributed by atoms with Crippen LogP contribution >= 0.6 is 0 Å². The Morgan fingerprint density at radius 2 is 2.04 bits per heavy atom. The first kappa shape index (κ1) is 20.5. The third kappa shape index (κ3) is 4.31. The molecule has 7 N–H and O–H groups in total. The number of nitrogens with zero attached hydrogens (tertiary/aromatic N) is 1. The number of hydrogen-bond donors (Lipinski definition) is 5. The summed E-state index contributed by atoms with van der Waals surface area (Å²) in [6.45, 7) is -0.528. The van der Waals surface area contributed by atoms with Gasteiger partial charge in [0.1, 0.15) is 11.1 Å². The molecule has 25 heavy (non-hydrogen) atoms. The molecule has 2 fully saturated rings. The van der Waals surface area contributed by atoms with Crippen molar-refractivity contribution in [2.75, 3.05) is 32.8 Å². The normalized spacial score (nSPS) is 29.4. The minimum Gasteiger partial charge on any atom is -0.480 e. The van der Waals surface area contributed by atoms with E-state index in [1.54, 1.807) is 0 Å². The summed E-state index contributed by atoms with van der Waals surface area (Å²) in [6.07, 6.45) is 0.574. The third-order valence-corrected chi connectivity index (χ3v) is 6.18. The predicted molar refractivity (Wildman–Crippen MR) is 86.5 cm³/mol. The van der Waals surface area contributed by atoms with Gasteiger partial charge in [-0.05, 0) is 12.7 Å². The van der Waals surface area contributed by atoms with E-state index < -0.39 is 47.0 Å².